The Labute approximate surface area is 73.2 Å². The Balaban J connectivity index is 2.42. The van der Waals surface area contributed by atoms with Gasteiger partial charge in [0.15, 0.2) is 0 Å². The first kappa shape index (κ1) is 7.78. The third-order valence-corrected chi connectivity index (χ3v) is 3.12. The van der Waals surface area contributed by atoms with Crippen molar-refractivity contribution >= 4 is 5.78 Å². The molecule has 0 amide bonds. The molecule has 12 heavy (non-hydrogen) atoms. The van der Waals surface area contributed by atoms with Gasteiger partial charge in [-0.1, -0.05) is 23.8 Å². The van der Waals surface area contributed by atoms with E-state index < -0.39 is 0 Å². The lowest BCUT2D eigenvalue weighted by Crippen LogP contribution is -2.19. The molecular weight excluding hydrogens is 148 g/mol. The fraction of sp³-hybridized carbons (Fsp3) is 0.545. The number of allylic oxidation sites excluding steroid dienone is 4. The first-order valence-corrected chi connectivity index (χ1v) is 4.53. The summed E-state index contributed by atoms with van der Waals surface area (Å²) < 4.78 is 0. The van der Waals surface area contributed by atoms with E-state index in [1.54, 1.807) is 0 Å². The van der Waals surface area contributed by atoms with Crippen LogP contribution in [0, 0.1) is 11.3 Å². The van der Waals surface area contributed by atoms with Gasteiger partial charge in [-0.2, -0.15) is 0 Å². The Morgan fingerprint density at radius 3 is 2.92 bits per heavy atom. The second-order valence-corrected chi connectivity index (χ2v) is 4.24. The number of rotatable bonds is 0. The number of hydrogen-bond donors (Lipinski definition) is 0. The molecule has 1 fully saturated rings. The van der Waals surface area contributed by atoms with Crippen molar-refractivity contribution in [3.63, 3.8) is 0 Å². The quantitative estimate of drug-likeness (QED) is 0.535. The van der Waals surface area contributed by atoms with Crippen molar-refractivity contribution in [2.45, 2.75) is 26.7 Å². The largest absolute Gasteiger partial charge is 0.299 e. The summed E-state index contributed by atoms with van der Waals surface area (Å²) in [6, 6.07) is 0. The Kier molecular flexibility index (Phi) is 1.50. The van der Waals surface area contributed by atoms with Gasteiger partial charge >= 0.3 is 0 Å². The molecule has 64 valence electrons. The van der Waals surface area contributed by atoms with Crippen LogP contribution in [0.3, 0.4) is 0 Å². The summed E-state index contributed by atoms with van der Waals surface area (Å²) in [7, 11) is 0. The lowest BCUT2D eigenvalue weighted by Gasteiger charge is -2.22. The van der Waals surface area contributed by atoms with Crippen LogP contribution in [0.2, 0.25) is 0 Å². The van der Waals surface area contributed by atoms with Gasteiger partial charge in [0.25, 0.3) is 0 Å². The first-order valence-electron chi connectivity index (χ1n) is 4.53. The maximum absolute atomic E-state index is 11.6. The van der Waals surface area contributed by atoms with Crippen molar-refractivity contribution in [3.8, 4) is 0 Å². The van der Waals surface area contributed by atoms with Crippen LogP contribution in [-0.4, -0.2) is 5.78 Å². The molecule has 1 unspecified atom stereocenters. The van der Waals surface area contributed by atoms with Gasteiger partial charge in [0, 0.05) is 11.8 Å². The van der Waals surface area contributed by atoms with E-state index >= 15 is 0 Å². The SMILES string of the molecule is CC1(C)C(=O)CC2CC=CC=C21. The van der Waals surface area contributed by atoms with Crippen LogP contribution in [0.5, 0.6) is 0 Å². The molecule has 1 atom stereocenters. The van der Waals surface area contributed by atoms with Gasteiger partial charge in [-0.25, -0.2) is 0 Å². The maximum Gasteiger partial charge on any atom is 0.143 e. The Bertz CT molecular complexity index is 281. The molecule has 0 N–H and O–H groups in total. The summed E-state index contributed by atoms with van der Waals surface area (Å²) >= 11 is 0. The van der Waals surface area contributed by atoms with E-state index in [4.69, 9.17) is 0 Å². The van der Waals surface area contributed by atoms with E-state index in [1.807, 2.05) is 13.8 Å². The van der Waals surface area contributed by atoms with Gasteiger partial charge in [-0.05, 0) is 26.2 Å². The van der Waals surface area contributed by atoms with Gasteiger partial charge in [-0.3, -0.25) is 4.79 Å². The molecule has 0 heterocycles. The van der Waals surface area contributed by atoms with Crippen LogP contribution < -0.4 is 0 Å². The van der Waals surface area contributed by atoms with E-state index in [2.05, 4.69) is 18.2 Å². The smallest absolute Gasteiger partial charge is 0.143 e. The molecule has 1 heteroatoms. The molecule has 0 saturated heterocycles. The monoisotopic (exact) mass is 162 g/mol. The number of Topliss-reactive ketones (excluding diaryl/α,β-unsaturated/α-hetero) is 1. The topological polar surface area (TPSA) is 17.1 Å². The minimum atomic E-state index is -0.185. The van der Waals surface area contributed by atoms with Gasteiger partial charge in [-0.15, -0.1) is 0 Å². The van der Waals surface area contributed by atoms with E-state index in [0.717, 1.165) is 12.8 Å². The Hall–Kier alpha value is -0.850. The van der Waals surface area contributed by atoms with Crippen LogP contribution in [0.15, 0.2) is 23.8 Å². The maximum atomic E-state index is 11.6. The first-order chi connectivity index (χ1) is 5.62. The fourth-order valence-electron chi connectivity index (χ4n) is 2.23. The zero-order valence-corrected chi connectivity index (χ0v) is 7.63. The standard InChI is InChI=1S/C11H14O/c1-11(2)9-6-4-3-5-8(9)7-10(11)12/h3-4,6,8H,5,7H2,1-2H3. The second-order valence-electron chi connectivity index (χ2n) is 4.24. The molecule has 0 aromatic heterocycles. The highest BCUT2D eigenvalue weighted by atomic mass is 16.1. The summed E-state index contributed by atoms with van der Waals surface area (Å²) in [5.74, 6) is 0.917. The molecule has 1 saturated carbocycles. The van der Waals surface area contributed by atoms with Crippen molar-refractivity contribution in [2.24, 2.45) is 11.3 Å². The summed E-state index contributed by atoms with van der Waals surface area (Å²) in [4.78, 5) is 11.6. The third-order valence-electron chi connectivity index (χ3n) is 3.12. The molecule has 0 aliphatic heterocycles. The molecule has 1 nitrogen and oxygen atoms in total. The highest BCUT2D eigenvalue weighted by Gasteiger charge is 2.43. The minimum Gasteiger partial charge on any atom is -0.299 e. The molecule has 2 aliphatic rings. The van der Waals surface area contributed by atoms with Gasteiger partial charge < -0.3 is 0 Å². The molecule has 0 aromatic rings. The molecule has 0 spiro atoms. The number of ketones is 1. The van der Waals surface area contributed by atoms with Gasteiger partial charge in [0.05, 0.1) is 0 Å². The van der Waals surface area contributed by atoms with E-state index in [1.165, 1.54) is 5.57 Å². The molecule has 0 radical (unpaired) electrons. The molecule has 0 bridgehead atoms. The van der Waals surface area contributed by atoms with Gasteiger partial charge in [0.2, 0.25) is 0 Å². The zero-order chi connectivity index (χ0) is 8.77. The number of fused-ring (bicyclic) bond motifs is 1. The highest BCUT2D eigenvalue weighted by molar-refractivity contribution is 5.91. The second kappa shape index (κ2) is 2.32. The van der Waals surface area contributed by atoms with Gasteiger partial charge in [0.1, 0.15) is 5.78 Å². The summed E-state index contributed by atoms with van der Waals surface area (Å²) in [5, 5.41) is 0. The predicted octanol–water partition coefficient (Wildman–Crippen LogP) is 2.49. The number of carbonyl (C=O) groups is 1. The Morgan fingerprint density at radius 2 is 2.25 bits per heavy atom. The zero-order valence-electron chi connectivity index (χ0n) is 7.63. The fourth-order valence-corrected chi connectivity index (χ4v) is 2.23. The third kappa shape index (κ3) is 0.889. The van der Waals surface area contributed by atoms with Crippen LogP contribution in [0.25, 0.3) is 0 Å². The number of hydrogen-bond acceptors (Lipinski definition) is 1. The molecular formula is C11H14O. The van der Waals surface area contributed by atoms with Crippen molar-refractivity contribution in [1.82, 2.24) is 0 Å². The minimum absolute atomic E-state index is 0.185. The van der Waals surface area contributed by atoms with Crippen LogP contribution in [0.1, 0.15) is 26.7 Å². The summed E-state index contributed by atoms with van der Waals surface area (Å²) in [6.45, 7) is 4.08. The summed E-state index contributed by atoms with van der Waals surface area (Å²) in [5.41, 5.74) is 1.16. The highest BCUT2D eigenvalue weighted by Crippen LogP contribution is 2.46. The molecule has 0 aromatic carbocycles. The average Bonchev–Trinajstić information content (AvgIpc) is 2.25. The van der Waals surface area contributed by atoms with Crippen molar-refractivity contribution < 1.29 is 4.79 Å². The molecule has 2 aliphatic carbocycles. The van der Waals surface area contributed by atoms with Crippen LogP contribution in [-0.2, 0) is 4.79 Å². The normalized spacial score (nSPS) is 31.7. The van der Waals surface area contributed by atoms with E-state index in [0.29, 0.717) is 11.7 Å². The van der Waals surface area contributed by atoms with Crippen molar-refractivity contribution in [3.05, 3.63) is 23.8 Å². The number of carbonyl (C=O) groups excluding carboxylic acids is 1. The lowest BCUT2D eigenvalue weighted by molar-refractivity contribution is -0.123. The molecule has 2 rings (SSSR count). The van der Waals surface area contributed by atoms with Crippen molar-refractivity contribution in [2.75, 3.05) is 0 Å². The van der Waals surface area contributed by atoms with E-state index in [9.17, 15) is 4.79 Å². The van der Waals surface area contributed by atoms with Crippen LogP contribution in [0.4, 0.5) is 0 Å². The lowest BCUT2D eigenvalue weighted by atomic mass is 9.81. The van der Waals surface area contributed by atoms with Crippen molar-refractivity contribution in [1.29, 1.82) is 0 Å². The average molecular weight is 162 g/mol. The Morgan fingerprint density at radius 1 is 1.50 bits per heavy atom. The summed E-state index contributed by atoms with van der Waals surface area (Å²) in [6.07, 6.45) is 8.16. The predicted molar refractivity (Wildman–Crippen MR) is 48.7 cm³/mol. The van der Waals surface area contributed by atoms with E-state index in [-0.39, 0.29) is 5.41 Å². The van der Waals surface area contributed by atoms with Crippen LogP contribution >= 0.6 is 0 Å².